The molecule has 0 saturated heterocycles. The third-order valence-electron chi connectivity index (χ3n) is 4.16. The number of nitrogens with one attached hydrogen (secondary N) is 1. The van der Waals surface area contributed by atoms with Gasteiger partial charge in [-0.3, -0.25) is 0 Å². The van der Waals surface area contributed by atoms with E-state index in [1.165, 1.54) is 51.5 Å². The van der Waals surface area contributed by atoms with Gasteiger partial charge in [0.15, 0.2) is 0 Å². The van der Waals surface area contributed by atoms with Crippen molar-refractivity contribution in [2.24, 2.45) is 5.92 Å². The maximum absolute atomic E-state index is 3.53. The van der Waals surface area contributed by atoms with Crippen molar-refractivity contribution in [2.45, 2.75) is 57.0 Å². The fourth-order valence-corrected chi connectivity index (χ4v) is 3.00. The molecule has 0 bridgehead atoms. The average molecular weight is 210 g/mol. The lowest BCUT2D eigenvalue weighted by molar-refractivity contribution is 0.180. The van der Waals surface area contributed by atoms with E-state index >= 15 is 0 Å². The van der Waals surface area contributed by atoms with Crippen molar-refractivity contribution in [3.05, 3.63) is 0 Å². The first-order valence-corrected chi connectivity index (χ1v) is 6.68. The van der Waals surface area contributed by atoms with Gasteiger partial charge < -0.3 is 10.2 Å². The summed E-state index contributed by atoms with van der Waals surface area (Å²) in [7, 11) is 4.46. The van der Waals surface area contributed by atoms with Crippen molar-refractivity contribution >= 4 is 0 Å². The first kappa shape index (κ1) is 11.4. The van der Waals surface area contributed by atoms with Crippen LogP contribution in [0.2, 0.25) is 0 Å². The van der Waals surface area contributed by atoms with Crippen LogP contribution in [0.25, 0.3) is 0 Å². The van der Waals surface area contributed by atoms with E-state index in [1.807, 2.05) is 0 Å². The summed E-state index contributed by atoms with van der Waals surface area (Å²) in [6, 6.07) is 1.52. The molecule has 88 valence electrons. The van der Waals surface area contributed by atoms with Gasteiger partial charge in [-0.05, 0) is 45.7 Å². The first-order valence-electron chi connectivity index (χ1n) is 6.68. The van der Waals surface area contributed by atoms with Gasteiger partial charge in [0, 0.05) is 18.6 Å². The van der Waals surface area contributed by atoms with Crippen LogP contribution in [0.1, 0.15) is 44.9 Å². The lowest BCUT2D eigenvalue weighted by atomic mass is 10.0. The van der Waals surface area contributed by atoms with Crippen molar-refractivity contribution in [2.75, 3.05) is 20.6 Å². The van der Waals surface area contributed by atoms with Gasteiger partial charge in [0.25, 0.3) is 0 Å². The second-order valence-corrected chi connectivity index (χ2v) is 5.48. The summed E-state index contributed by atoms with van der Waals surface area (Å²) in [6.45, 7) is 1.34. The van der Waals surface area contributed by atoms with Crippen LogP contribution >= 0.6 is 0 Å². The van der Waals surface area contributed by atoms with Gasteiger partial charge in [-0.15, -0.1) is 0 Å². The van der Waals surface area contributed by atoms with Crippen LogP contribution in [0.5, 0.6) is 0 Å². The molecular weight excluding hydrogens is 184 g/mol. The molecule has 2 fully saturated rings. The summed E-state index contributed by atoms with van der Waals surface area (Å²) >= 11 is 0. The second-order valence-electron chi connectivity index (χ2n) is 5.48. The molecule has 0 aliphatic heterocycles. The van der Waals surface area contributed by atoms with Gasteiger partial charge >= 0.3 is 0 Å². The Morgan fingerprint density at radius 3 is 2.47 bits per heavy atom. The van der Waals surface area contributed by atoms with E-state index in [4.69, 9.17) is 0 Å². The maximum Gasteiger partial charge on any atom is 0.0246 e. The van der Waals surface area contributed by atoms with Crippen molar-refractivity contribution in [3.8, 4) is 0 Å². The smallest absolute Gasteiger partial charge is 0.0246 e. The summed E-state index contributed by atoms with van der Waals surface area (Å²) in [6.07, 6.45) is 10.00. The fourth-order valence-electron chi connectivity index (χ4n) is 3.00. The summed E-state index contributed by atoms with van der Waals surface area (Å²) in [5.41, 5.74) is 0. The van der Waals surface area contributed by atoms with E-state index in [1.54, 1.807) is 0 Å². The molecule has 0 aromatic heterocycles. The Labute approximate surface area is 94.4 Å². The molecule has 1 N–H and O–H groups in total. The monoisotopic (exact) mass is 210 g/mol. The highest BCUT2D eigenvalue weighted by molar-refractivity contribution is 4.87. The Morgan fingerprint density at radius 1 is 1.07 bits per heavy atom. The minimum atomic E-state index is 0.733. The minimum Gasteiger partial charge on any atom is -0.315 e. The summed E-state index contributed by atoms with van der Waals surface area (Å²) in [5, 5.41) is 3.53. The van der Waals surface area contributed by atoms with Crippen LogP contribution < -0.4 is 5.32 Å². The Hall–Kier alpha value is -0.0800. The topological polar surface area (TPSA) is 15.3 Å². The molecule has 0 radical (unpaired) electrons. The highest BCUT2D eigenvalue weighted by Gasteiger charge is 2.30. The third kappa shape index (κ3) is 3.18. The fraction of sp³-hybridized carbons (Fsp3) is 1.00. The third-order valence-corrected chi connectivity index (χ3v) is 4.16. The molecule has 0 amide bonds. The zero-order valence-corrected chi connectivity index (χ0v) is 10.3. The van der Waals surface area contributed by atoms with Crippen LogP contribution in [0, 0.1) is 5.92 Å². The highest BCUT2D eigenvalue weighted by Crippen LogP contribution is 2.31. The lowest BCUT2D eigenvalue weighted by Crippen LogP contribution is -2.47. The number of hydrogen-bond acceptors (Lipinski definition) is 2. The predicted octanol–water partition coefficient (Wildman–Crippen LogP) is 2.25. The molecule has 2 atom stereocenters. The van der Waals surface area contributed by atoms with Crippen LogP contribution in [-0.4, -0.2) is 37.6 Å². The van der Waals surface area contributed by atoms with Gasteiger partial charge in [-0.1, -0.05) is 19.3 Å². The molecule has 0 spiro atoms. The molecule has 2 aliphatic carbocycles. The van der Waals surface area contributed by atoms with Gasteiger partial charge in [-0.25, -0.2) is 0 Å². The molecule has 2 unspecified atom stereocenters. The van der Waals surface area contributed by atoms with Gasteiger partial charge in [0.05, 0.1) is 0 Å². The number of hydrogen-bond donors (Lipinski definition) is 1. The molecule has 2 saturated carbocycles. The van der Waals surface area contributed by atoms with Gasteiger partial charge in [0.2, 0.25) is 0 Å². The summed E-state index contributed by atoms with van der Waals surface area (Å²) in [4.78, 5) is 2.63. The SMILES string of the molecule is CNC1CCCCCC1N(C)CC1CC1. The quantitative estimate of drug-likeness (QED) is 0.716. The van der Waals surface area contributed by atoms with Crippen molar-refractivity contribution < 1.29 is 0 Å². The highest BCUT2D eigenvalue weighted by atomic mass is 15.2. The standard InChI is InChI=1S/C13H26N2/c1-14-12-6-4-3-5-7-13(12)15(2)10-11-8-9-11/h11-14H,3-10H2,1-2H3. The first-order chi connectivity index (χ1) is 7.31. The van der Waals surface area contributed by atoms with E-state index in [-0.39, 0.29) is 0 Å². The largest absolute Gasteiger partial charge is 0.315 e. The molecule has 15 heavy (non-hydrogen) atoms. The van der Waals surface area contributed by atoms with Gasteiger partial charge in [0.1, 0.15) is 0 Å². The number of nitrogens with zero attached hydrogens (tertiary/aromatic N) is 1. The van der Waals surface area contributed by atoms with Crippen LogP contribution in [0.15, 0.2) is 0 Å². The molecule has 2 rings (SSSR count). The number of likely N-dealkylation sites (N-methyl/N-ethyl adjacent to an activating group) is 2. The van der Waals surface area contributed by atoms with Crippen LogP contribution in [0.3, 0.4) is 0 Å². The van der Waals surface area contributed by atoms with Crippen molar-refractivity contribution in [3.63, 3.8) is 0 Å². The zero-order chi connectivity index (χ0) is 10.7. The Morgan fingerprint density at radius 2 is 1.80 bits per heavy atom. The Kier molecular flexibility index (Phi) is 4.04. The van der Waals surface area contributed by atoms with E-state index in [2.05, 4.69) is 24.3 Å². The van der Waals surface area contributed by atoms with Crippen molar-refractivity contribution in [1.82, 2.24) is 10.2 Å². The van der Waals surface area contributed by atoms with Gasteiger partial charge in [-0.2, -0.15) is 0 Å². The maximum atomic E-state index is 3.53. The molecule has 2 heteroatoms. The predicted molar refractivity (Wildman–Crippen MR) is 65.1 cm³/mol. The van der Waals surface area contributed by atoms with Crippen LogP contribution in [-0.2, 0) is 0 Å². The van der Waals surface area contributed by atoms with E-state index in [9.17, 15) is 0 Å². The summed E-state index contributed by atoms with van der Waals surface area (Å²) < 4.78 is 0. The Balaban J connectivity index is 1.88. The van der Waals surface area contributed by atoms with Crippen LogP contribution in [0.4, 0.5) is 0 Å². The minimum absolute atomic E-state index is 0.733. The lowest BCUT2D eigenvalue weighted by Gasteiger charge is -2.33. The Bertz CT molecular complexity index is 189. The molecule has 2 nitrogen and oxygen atoms in total. The second kappa shape index (κ2) is 5.31. The molecule has 0 aromatic carbocycles. The molecule has 2 aliphatic rings. The van der Waals surface area contributed by atoms with Crippen molar-refractivity contribution in [1.29, 1.82) is 0 Å². The summed E-state index contributed by atoms with van der Waals surface area (Å²) in [5.74, 6) is 1.02. The van der Waals surface area contributed by atoms with E-state index < -0.39 is 0 Å². The zero-order valence-electron chi connectivity index (χ0n) is 10.3. The molecular formula is C13H26N2. The van der Waals surface area contributed by atoms with E-state index in [0.717, 1.165) is 18.0 Å². The normalized spacial score (nSPS) is 33.0. The molecule has 0 heterocycles. The average Bonchev–Trinajstić information content (AvgIpc) is 3.02. The molecule has 0 aromatic rings. The number of rotatable bonds is 4. The van der Waals surface area contributed by atoms with E-state index in [0.29, 0.717) is 0 Å².